The molecule has 36 heavy (non-hydrogen) atoms. The first-order valence-electron chi connectivity index (χ1n) is 12.8. The monoisotopic (exact) mass is 487 g/mol. The lowest BCUT2D eigenvalue weighted by Crippen LogP contribution is -2.14. The molecule has 1 N–H and O–H groups in total. The van der Waals surface area contributed by atoms with Crippen molar-refractivity contribution in [2.75, 3.05) is 44.6 Å². The summed E-state index contributed by atoms with van der Waals surface area (Å²) < 4.78 is 10.1. The van der Waals surface area contributed by atoms with E-state index in [-0.39, 0.29) is 5.97 Å². The normalized spacial score (nSPS) is 15.2. The Morgan fingerprint density at radius 1 is 1.00 bits per heavy atom. The van der Waals surface area contributed by atoms with Crippen LogP contribution in [-0.2, 0) is 22.3 Å². The third-order valence-electron chi connectivity index (χ3n) is 7.19. The zero-order chi connectivity index (χ0) is 25.3. The van der Waals surface area contributed by atoms with Crippen LogP contribution in [0.25, 0.3) is 0 Å². The number of pyridine rings is 1. The third-order valence-corrected chi connectivity index (χ3v) is 7.19. The van der Waals surface area contributed by atoms with Gasteiger partial charge in [-0.25, -0.2) is 4.79 Å². The summed E-state index contributed by atoms with van der Waals surface area (Å²) in [4.78, 5) is 17.3. The van der Waals surface area contributed by atoms with E-state index in [1.807, 2.05) is 0 Å². The summed E-state index contributed by atoms with van der Waals surface area (Å²) in [5.74, 6) is 0.309. The van der Waals surface area contributed by atoms with Crippen LogP contribution in [0.15, 0.2) is 60.9 Å². The number of carbonyl (C=O) groups excluding carboxylic acids is 1. The molecule has 5 rings (SSSR count). The highest BCUT2D eigenvalue weighted by Gasteiger charge is 2.16. The van der Waals surface area contributed by atoms with E-state index in [0.29, 0.717) is 17.2 Å². The number of nitrogens with one attached hydrogen (secondary N) is 1. The van der Waals surface area contributed by atoms with Crippen molar-refractivity contribution in [2.45, 2.75) is 44.4 Å². The molecule has 190 valence electrons. The van der Waals surface area contributed by atoms with Gasteiger partial charge in [0.2, 0.25) is 0 Å². The number of fused-ring (bicyclic) bond motifs is 1. The molecule has 1 fully saturated rings. The molecule has 0 spiro atoms. The Balaban J connectivity index is 0.000000214. The van der Waals surface area contributed by atoms with Crippen LogP contribution in [0.3, 0.4) is 0 Å². The first-order valence-corrected chi connectivity index (χ1v) is 12.8. The number of hydrogen-bond donors (Lipinski definition) is 1. The van der Waals surface area contributed by atoms with Gasteiger partial charge in [0.25, 0.3) is 0 Å². The van der Waals surface area contributed by atoms with Crippen LogP contribution < -0.4 is 10.2 Å². The number of rotatable bonds is 5. The van der Waals surface area contributed by atoms with Crippen molar-refractivity contribution < 1.29 is 14.3 Å². The van der Waals surface area contributed by atoms with Crippen LogP contribution in [0.1, 0.15) is 58.6 Å². The highest BCUT2D eigenvalue weighted by molar-refractivity contribution is 5.95. The fourth-order valence-electron chi connectivity index (χ4n) is 4.96. The van der Waals surface area contributed by atoms with Gasteiger partial charge in [-0.05, 0) is 91.5 Å². The average molecular weight is 488 g/mol. The molecule has 2 aliphatic rings. The summed E-state index contributed by atoms with van der Waals surface area (Å²) in [5.41, 5.74) is 8.29. The maximum atomic E-state index is 11.1. The standard InChI is InChI=1S/C22H27NO.C8H10N2O2/c1-23(22-11-8-17-4-2-3-5-20(17)16-22)21-9-6-18(7-10-21)19-12-14-24-15-13-19;1-9-7-5-10-4-3-6(7)8(11)12-2/h6-11,16,19H,2-5,12-15H2,1H3;3-5,9H,1-2H3. The summed E-state index contributed by atoms with van der Waals surface area (Å²) >= 11 is 0. The predicted octanol–water partition coefficient (Wildman–Crippen LogP) is 6.14. The van der Waals surface area contributed by atoms with E-state index < -0.39 is 0 Å². The molecule has 6 nitrogen and oxygen atoms in total. The number of methoxy groups -OCH3 is 1. The van der Waals surface area contributed by atoms with Crippen molar-refractivity contribution >= 4 is 23.0 Å². The number of anilines is 3. The van der Waals surface area contributed by atoms with E-state index in [1.54, 1.807) is 36.6 Å². The summed E-state index contributed by atoms with van der Waals surface area (Å²) in [6, 6.07) is 17.8. The molecule has 0 saturated carbocycles. The fraction of sp³-hybridized carbons (Fsp3) is 0.400. The van der Waals surface area contributed by atoms with Crippen LogP contribution in [0.2, 0.25) is 0 Å². The third kappa shape index (κ3) is 6.24. The van der Waals surface area contributed by atoms with Crippen LogP contribution in [0.4, 0.5) is 17.1 Å². The molecular formula is C30H37N3O3. The van der Waals surface area contributed by atoms with E-state index in [1.165, 1.54) is 49.7 Å². The molecule has 6 heteroatoms. The first kappa shape index (κ1) is 25.7. The van der Waals surface area contributed by atoms with E-state index in [0.717, 1.165) is 26.1 Å². The maximum Gasteiger partial charge on any atom is 0.340 e. The van der Waals surface area contributed by atoms with Gasteiger partial charge in [-0.15, -0.1) is 0 Å². The van der Waals surface area contributed by atoms with Gasteiger partial charge < -0.3 is 19.7 Å². The minimum atomic E-state index is -0.359. The number of ether oxygens (including phenoxy) is 2. The van der Waals surface area contributed by atoms with Crippen LogP contribution in [0.5, 0.6) is 0 Å². The van der Waals surface area contributed by atoms with Crippen molar-refractivity contribution in [1.82, 2.24) is 4.98 Å². The zero-order valence-electron chi connectivity index (χ0n) is 21.6. The number of nitrogens with zero attached hydrogens (tertiary/aromatic N) is 2. The molecular weight excluding hydrogens is 450 g/mol. The largest absolute Gasteiger partial charge is 0.465 e. The minimum absolute atomic E-state index is 0.359. The molecule has 2 heterocycles. The molecule has 1 saturated heterocycles. The van der Waals surface area contributed by atoms with Crippen LogP contribution >= 0.6 is 0 Å². The molecule has 0 atom stereocenters. The molecule has 0 amide bonds. The minimum Gasteiger partial charge on any atom is -0.465 e. The van der Waals surface area contributed by atoms with E-state index in [9.17, 15) is 4.79 Å². The van der Waals surface area contributed by atoms with Gasteiger partial charge in [-0.2, -0.15) is 0 Å². The second-order valence-electron chi connectivity index (χ2n) is 9.36. The number of aromatic nitrogens is 1. The van der Waals surface area contributed by atoms with E-state index in [2.05, 4.69) is 69.4 Å². The van der Waals surface area contributed by atoms with Crippen molar-refractivity contribution in [3.8, 4) is 0 Å². The van der Waals surface area contributed by atoms with Gasteiger partial charge in [0.05, 0.1) is 24.6 Å². The second-order valence-corrected chi connectivity index (χ2v) is 9.36. The van der Waals surface area contributed by atoms with Gasteiger partial charge in [-0.1, -0.05) is 18.2 Å². The molecule has 3 aromatic rings. The van der Waals surface area contributed by atoms with Gasteiger partial charge in [-0.3, -0.25) is 4.98 Å². The first-order chi connectivity index (χ1) is 17.6. The number of benzene rings is 2. The summed E-state index contributed by atoms with van der Waals surface area (Å²) in [7, 11) is 5.25. The Hall–Kier alpha value is -3.38. The van der Waals surface area contributed by atoms with Crippen molar-refractivity contribution in [3.05, 3.63) is 83.2 Å². The highest BCUT2D eigenvalue weighted by Crippen LogP contribution is 2.32. The Labute approximate surface area is 214 Å². The number of hydrogen-bond acceptors (Lipinski definition) is 6. The van der Waals surface area contributed by atoms with Gasteiger partial charge in [0, 0.05) is 44.9 Å². The Morgan fingerprint density at radius 3 is 2.39 bits per heavy atom. The van der Waals surface area contributed by atoms with Crippen molar-refractivity contribution in [2.24, 2.45) is 0 Å². The fourth-order valence-corrected chi connectivity index (χ4v) is 4.96. The summed E-state index contributed by atoms with van der Waals surface area (Å²) in [5, 5.41) is 2.85. The topological polar surface area (TPSA) is 63.7 Å². The Bertz CT molecular complexity index is 1140. The number of aryl methyl sites for hydroxylation is 2. The lowest BCUT2D eigenvalue weighted by atomic mass is 9.91. The van der Waals surface area contributed by atoms with Gasteiger partial charge in [0.15, 0.2) is 0 Å². The van der Waals surface area contributed by atoms with E-state index in [4.69, 9.17) is 4.74 Å². The van der Waals surface area contributed by atoms with Gasteiger partial charge in [0.1, 0.15) is 0 Å². The maximum absolute atomic E-state index is 11.1. The lowest BCUT2D eigenvalue weighted by Gasteiger charge is -2.25. The SMILES string of the molecule is CN(c1ccc(C2CCOCC2)cc1)c1ccc2c(c1)CCCC2.CNc1cnccc1C(=O)OC. The molecule has 1 aromatic heterocycles. The predicted molar refractivity (Wildman–Crippen MR) is 146 cm³/mol. The lowest BCUT2D eigenvalue weighted by molar-refractivity contribution is 0.0601. The molecule has 0 radical (unpaired) electrons. The highest BCUT2D eigenvalue weighted by atomic mass is 16.5. The van der Waals surface area contributed by atoms with Crippen LogP contribution in [-0.4, -0.2) is 45.4 Å². The van der Waals surface area contributed by atoms with Crippen LogP contribution in [0, 0.1) is 0 Å². The summed E-state index contributed by atoms with van der Waals surface area (Å²) in [6.07, 6.45) is 10.6. The van der Waals surface area contributed by atoms with Gasteiger partial charge >= 0.3 is 5.97 Å². The quantitative estimate of drug-likeness (QED) is 0.436. The number of carbonyl (C=O) groups is 1. The number of esters is 1. The zero-order valence-corrected chi connectivity index (χ0v) is 21.6. The second kappa shape index (κ2) is 12.5. The Kier molecular flexibility index (Phi) is 8.95. The van der Waals surface area contributed by atoms with E-state index >= 15 is 0 Å². The molecule has 0 unspecified atom stereocenters. The molecule has 1 aliphatic carbocycles. The smallest absolute Gasteiger partial charge is 0.340 e. The molecule has 0 bridgehead atoms. The van der Waals surface area contributed by atoms with Crippen molar-refractivity contribution in [3.63, 3.8) is 0 Å². The summed E-state index contributed by atoms with van der Waals surface area (Å²) in [6.45, 7) is 1.81. The average Bonchev–Trinajstić information content (AvgIpc) is 2.97. The molecule has 1 aliphatic heterocycles. The van der Waals surface area contributed by atoms with Crippen molar-refractivity contribution in [1.29, 1.82) is 0 Å². The molecule has 2 aromatic carbocycles. The Morgan fingerprint density at radius 2 is 1.69 bits per heavy atom.